The number of thioether (sulfide) groups is 1. The number of rotatable bonds is 16. The van der Waals surface area contributed by atoms with Gasteiger partial charge in [-0.3, -0.25) is 14.4 Å². The van der Waals surface area contributed by atoms with Crippen LogP contribution in [-0.2, 0) is 29.0 Å². The van der Waals surface area contributed by atoms with Crippen molar-refractivity contribution in [3.05, 3.63) is 125 Å². The summed E-state index contributed by atoms with van der Waals surface area (Å²) < 4.78 is 2.14. The number of nitrogens with zero attached hydrogens (tertiary/aromatic N) is 2. The van der Waals surface area contributed by atoms with Gasteiger partial charge in [-0.15, -0.1) is 0 Å². The fourth-order valence-corrected chi connectivity index (χ4v) is 6.89. The van der Waals surface area contributed by atoms with Crippen molar-refractivity contribution in [3.8, 4) is 11.1 Å². The monoisotopic (exact) mass is 706 g/mol. The van der Waals surface area contributed by atoms with Crippen LogP contribution in [0.15, 0.2) is 91.0 Å². The molecule has 0 saturated carbocycles. The van der Waals surface area contributed by atoms with Crippen molar-refractivity contribution in [2.24, 2.45) is 5.73 Å². The van der Waals surface area contributed by atoms with Crippen molar-refractivity contribution < 1.29 is 29.4 Å². The minimum Gasteiger partial charge on any atom is -0.480 e. The average molecular weight is 707 g/mol. The summed E-state index contributed by atoms with van der Waals surface area (Å²) in [5.74, 6) is -1.17. The standard InChI is InChI=1S/C40H42N4O6S/c1-3-9-35-43-37-25(2)20-29(22-34(37)44(35)23-27-14-16-28(17-15-27)31-12-7-8-13-32(31)39(47)48)38(46)42-30(21-26-10-5-4-6-11-26)24-51-36(45)19-18-33(41)40(49)50/h4-8,10-17,20,22,30,33H,3,9,18-19,21,23-24,41H2,1-2H3,(H,42,46)(H,47,48)(H,49,50)/t30-,33+/m1/s1. The highest BCUT2D eigenvalue weighted by Crippen LogP contribution is 2.27. The molecule has 0 spiro atoms. The van der Waals surface area contributed by atoms with Crippen molar-refractivity contribution in [1.82, 2.24) is 14.9 Å². The predicted octanol–water partition coefficient (Wildman–Crippen LogP) is 6.50. The second-order valence-electron chi connectivity index (χ2n) is 12.6. The number of nitrogens with one attached hydrogen (secondary N) is 1. The Hall–Kier alpha value is -5.26. The van der Waals surface area contributed by atoms with Gasteiger partial charge in [0.1, 0.15) is 11.9 Å². The predicted molar refractivity (Wildman–Crippen MR) is 200 cm³/mol. The number of carboxylic acids is 2. The number of aromatic carboxylic acids is 1. The van der Waals surface area contributed by atoms with Crippen LogP contribution in [0, 0.1) is 6.92 Å². The molecule has 0 unspecified atom stereocenters. The molecule has 1 heterocycles. The molecule has 51 heavy (non-hydrogen) atoms. The number of hydrogen-bond donors (Lipinski definition) is 4. The van der Waals surface area contributed by atoms with E-state index in [1.54, 1.807) is 18.2 Å². The number of fused-ring (bicyclic) bond motifs is 1. The number of hydrogen-bond acceptors (Lipinski definition) is 7. The zero-order valence-corrected chi connectivity index (χ0v) is 29.5. The molecule has 0 fully saturated rings. The molecule has 0 aliphatic heterocycles. The van der Waals surface area contributed by atoms with Crippen LogP contribution in [0.3, 0.4) is 0 Å². The zero-order chi connectivity index (χ0) is 36.5. The number of aryl methyl sites for hydroxylation is 2. The first-order valence-corrected chi connectivity index (χ1v) is 17.9. The Bertz CT molecular complexity index is 2030. The van der Waals surface area contributed by atoms with Crippen molar-refractivity contribution in [3.63, 3.8) is 0 Å². The van der Waals surface area contributed by atoms with Crippen LogP contribution in [0.4, 0.5) is 0 Å². The Morgan fingerprint density at radius 3 is 2.31 bits per heavy atom. The van der Waals surface area contributed by atoms with Crippen molar-refractivity contribution in [2.45, 2.75) is 64.6 Å². The summed E-state index contributed by atoms with van der Waals surface area (Å²) in [6.45, 7) is 4.55. The number of aliphatic carboxylic acids is 1. The minimum absolute atomic E-state index is 0.0302. The van der Waals surface area contributed by atoms with Crippen molar-refractivity contribution in [2.75, 3.05) is 5.75 Å². The highest BCUT2D eigenvalue weighted by atomic mass is 32.2. The lowest BCUT2D eigenvalue weighted by molar-refractivity contribution is -0.138. The maximum absolute atomic E-state index is 13.9. The zero-order valence-electron chi connectivity index (χ0n) is 28.7. The van der Waals surface area contributed by atoms with E-state index >= 15 is 0 Å². The SMILES string of the molecule is CCCc1nc2c(C)cc(C(=O)N[C@@H](CSC(=O)CC[C@H](N)C(=O)O)Cc3ccccc3)cc2n1Cc1ccc(-c2ccccc2C(=O)O)cc1. The fraction of sp³-hybridized carbons (Fsp3) is 0.275. The lowest BCUT2D eigenvalue weighted by Crippen LogP contribution is -2.38. The van der Waals surface area contributed by atoms with Crippen LogP contribution in [0.5, 0.6) is 0 Å². The van der Waals surface area contributed by atoms with E-state index in [0.717, 1.165) is 63.7 Å². The van der Waals surface area contributed by atoms with E-state index < -0.39 is 18.0 Å². The fourth-order valence-electron chi connectivity index (χ4n) is 6.04. The van der Waals surface area contributed by atoms with Gasteiger partial charge in [0, 0.05) is 36.7 Å². The molecule has 0 saturated heterocycles. The topological polar surface area (TPSA) is 165 Å². The molecule has 4 aromatic carbocycles. The smallest absolute Gasteiger partial charge is 0.336 e. The maximum Gasteiger partial charge on any atom is 0.336 e. The van der Waals surface area contributed by atoms with Crippen LogP contribution in [-0.4, -0.2) is 60.6 Å². The number of carbonyl (C=O) groups excluding carboxylic acids is 2. The number of carboxylic acid groups (broad SMARTS) is 2. The molecule has 1 amide bonds. The van der Waals surface area contributed by atoms with E-state index in [0.29, 0.717) is 29.8 Å². The number of nitrogens with two attached hydrogens (primary N) is 1. The summed E-state index contributed by atoms with van der Waals surface area (Å²) in [6.07, 6.45) is 2.23. The van der Waals surface area contributed by atoms with Gasteiger partial charge < -0.3 is 25.8 Å². The van der Waals surface area contributed by atoms with E-state index in [9.17, 15) is 24.3 Å². The van der Waals surface area contributed by atoms with Gasteiger partial charge in [0.05, 0.1) is 16.6 Å². The molecule has 5 rings (SSSR count). The number of amides is 1. The molecule has 10 nitrogen and oxygen atoms in total. The van der Waals surface area contributed by atoms with Crippen LogP contribution in [0.25, 0.3) is 22.2 Å². The van der Waals surface area contributed by atoms with Crippen molar-refractivity contribution in [1.29, 1.82) is 0 Å². The molecule has 264 valence electrons. The van der Waals surface area contributed by atoms with E-state index in [2.05, 4.69) is 16.8 Å². The summed E-state index contributed by atoms with van der Waals surface area (Å²) in [7, 11) is 0. The molecule has 0 aliphatic carbocycles. The molecule has 11 heteroatoms. The summed E-state index contributed by atoms with van der Waals surface area (Å²) in [6, 6.07) is 26.7. The molecule has 1 aromatic heterocycles. The first-order chi connectivity index (χ1) is 24.5. The van der Waals surface area contributed by atoms with Crippen LogP contribution in [0.1, 0.15) is 69.4 Å². The Balaban J connectivity index is 1.39. The highest BCUT2D eigenvalue weighted by Gasteiger charge is 2.21. The minimum atomic E-state index is -1.14. The molecular weight excluding hydrogens is 665 g/mol. The second-order valence-corrected chi connectivity index (χ2v) is 13.7. The van der Waals surface area contributed by atoms with E-state index in [1.165, 1.54) is 0 Å². The van der Waals surface area contributed by atoms with E-state index in [1.807, 2.05) is 79.7 Å². The highest BCUT2D eigenvalue weighted by molar-refractivity contribution is 8.13. The summed E-state index contributed by atoms with van der Waals surface area (Å²) >= 11 is 1.07. The molecule has 5 N–H and O–H groups in total. The quantitative estimate of drug-likeness (QED) is 0.0896. The number of aromatic nitrogens is 2. The largest absolute Gasteiger partial charge is 0.480 e. The number of benzene rings is 4. The molecule has 0 bridgehead atoms. The molecular formula is C40H42N4O6S. The van der Waals surface area contributed by atoms with Gasteiger partial charge in [-0.1, -0.05) is 91.5 Å². The second kappa shape index (κ2) is 17.1. The lowest BCUT2D eigenvalue weighted by atomic mass is 9.98. The third-order valence-corrected chi connectivity index (χ3v) is 9.80. The van der Waals surface area contributed by atoms with Crippen LogP contribution >= 0.6 is 11.8 Å². The molecule has 0 aliphatic rings. The van der Waals surface area contributed by atoms with E-state index in [4.69, 9.17) is 15.8 Å². The van der Waals surface area contributed by atoms with Crippen molar-refractivity contribution >= 4 is 45.8 Å². The third kappa shape index (κ3) is 9.50. The molecule has 2 atom stereocenters. The lowest BCUT2D eigenvalue weighted by Gasteiger charge is -2.19. The Morgan fingerprint density at radius 2 is 1.63 bits per heavy atom. The number of carbonyl (C=O) groups is 4. The summed E-state index contributed by atoms with van der Waals surface area (Å²) in [4.78, 5) is 54.3. The van der Waals surface area contributed by atoms with Gasteiger partial charge in [-0.05, 0) is 72.2 Å². The summed E-state index contributed by atoms with van der Waals surface area (Å²) in [5, 5.41) is 21.7. The normalized spacial score (nSPS) is 12.4. The Labute approximate surface area is 301 Å². The Morgan fingerprint density at radius 1 is 0.922 bits per heavy atom. The molecule has 5 aromatic rings. The van der Waals surface area contributed by atoms with Gasteiger partial charge in [-0.25, -0.2) is 9.78 Å². The molecule has 0 radical (unpaired) electrons. The van der Waals surface area contributed by atoms with Crippen LogP contribution < -0.4 is 11.1 Å². The first kappa shape index (κ1) is 37.0. The maximum atomic E-state index is 13.9. The van der Waals surface area contributed by atoms with Gasteiger partial charge in [-0.2, -0.15) is 0 Å². The first-order valence-electron chi connectivity index (χ1n) is 16.9. The van der Waals surface area contributed by atoms with Gasteiger partial charge in [0.25, 0.3) is 5.91 Å². The van der Waals surface area contributed by atoms with Gasteiger partial charge in [0.2, 0.25) is 0 Å². The van der Waals surface area contributed by atoms with E-state index in [-0.39, 0.29) is 35.5 Å². The van der Waals surface area contributed by atoms with Gasteiger partial charge in [0.15, 0.2) is 5.12 Å². The summed E-state index contributed by atoms with van der Waals surface area (Å²) in [5.41, 5.74) is 12.3. The number of imidazole rings is 1. The average Bonchev–Trinajstić information content (AvgIpc) is 3.47. The van der Waals surface area contributed by atoms with Gasteiger partial charge >= 0.3 is 11.9 Å². The third-order valence-electron chi connectivity index (χ3n) is 8.70. The van der Waals surface area contributed by atoms with Crippen LogP contribution in [0.2, 0.25) is 0 Å². The Kier molecular flexibility index (Phi) is 12.4.